The molecule has 1 N–H and O–H groups in total. The van der Waals surface area contributed by atoms with Crippen LogP contribution < -0.4 is 9.62 Å². The Balaban J connectivity index is 1.59. The maximum atomic E-state index is 13.0. The normalized spacial score (nSPS) is 13.8. The summed E-state index contributed by atoms with van der Waals surface area (Å²) in [5, 5.41) is 0. The molecule has 2 heterocycles. The molecule has 150 valence electrons. The number of para-hydroxylation sites is 2. The fraction of sp³-hybridized carbons (Fsp3) is 0.130. The second-order valence-corrected chi connectivity index (χ2v) is 8.93. The largest absolute Gasteiger partial charge is 0.349 e. The summed E-state index contributed by atoms with van der Waals surface area (Å²) in [6.45, 7) is 1.40. The van der Waals surface area contributed by atoms with Crippen molar-refractivity contribution in [2.45, 2.75) is 17.9 Å². The number of anilines is 2. The van der Waals surface area contributed by atoms with Crippen molar-refractivity contribution in [3.05, 3.63) is 90.0 Å². The van der Waals surface area contributed by atoms with E-state index in [0.29, 0.717) is 17.9 Å². The average Bonchev–Trinajstić information content (AvgIpc) is 2.78. The van der Waals surface area contributed by atoms with Crippen LogP contribution in [0.1, 0.15) is 11.1 Å². The van der Waals surface area contributed by atoms with Gasteiger partial charge >= 0.3 is 0 Å². The Labute approximate surface area is 175 Å². The molecule has 6 nitrogen and oxygen atoms in total. The molecule has 0 radical (unpaired) electrons. The first-order valence-electron chi connectivity index (χ1n) is 9.76. The topological polar surface area (TPSA) is 75.2 Å². The molecule has 0 saturated heterocycles. The van der Waals surface area contributed by atoms with Gasteiger partial charge < -0.3 is 4.90 Å². The third-order valence-corrected chi connectivity index (χ3v) is 6.62. The van der Waals surface area contributed by atoms with E-state index in [4.69, 9.17) is 4.98 Å². The SMILES string of the molecule is O=S(=O)(Nc1nc2ccccc2nc1N1CCc2ccccc2C1)c1ccccc1. The summed E-state index contributed by atoms with van der Waals surface area (Å²) in [5.41, 5.74) is 3.91. The van der Waals surface area contributed by atoms with Crippen LogP contribution in [0, 0.1) is 0 Å². The van der Waals surface area contributed by atoms with Gasteiger partial charge in [-0.15, -0.1) is 0 Å². The highest BCUT2D eigenvalue weighted by Gasteiger charge is 2.24. The van der Waals surface area contributed by atoms with Crippen LogP contribution in [0.3, 0.4) is 0 Å². The van der Waals surface area contributed by atoms with Crippen LogP contribution in [0.5, 0.6) is 0 Å². The zero-order valence-electron chi connectivity index (χ0n) is 16.2. The second-order valence-electron chi connectivity index (χ2n) is 7.24. The van der Waals surface area contributed by atoms with E-state index in [1.807, 2.05) is 36.4 Å². The van der Waals surface area contributed by atoms with E-state index in [-0.39, 0.29) is 10.7 Å². The summed E-state index contributed by atoms with van der Waals surface area (Å²) >= 11 is 0. The molecular weight excluding hydrogens is 396 g/mol. The molecule has 4 aromatic rings. The van der Waals surface area contributed by atoms with Crippen molar-refractivity contribution in [1.82, 2.24) is 9.97 Å². The molecule has 0 spiro atoms. The molecule has 30 heavy (non-hydrogen) atoms. The number of fused-ring (bicyclic) bond motifs is 2. The van der Waals surface area contributed by atoms with Crippen LogP contribution in [-0.2, 0) is 23.0 Å². The Morgan fingerprint density at radius 3 is 2.17 bits per heavy atom. The third kappa shape index (κ3) is 3.48. The van der Waals surface area contributed by atoms with Gasteiger partial charge in [-0.25, -0.2) is 18.4 Å². The van der Waals surface area contributed by atoms with E-state index in [1.165, 1.54) is 11.1 Å². The minimum Gasteiger partial charge on any atom is -0.349 e. The number of benzene rings is 3. The molecule has 0 atom stereocenters. The van der Waals surface area contributed by atoms with Crippen LogP contribution in [0.4, 0.5) is 11.6 Å². The Hall–Kier alpha value is -3.45. The molecule has 5 rings (SSSR count). The lowest BCUT2D eigenvalue weighted by atomic mass is 10.00. The minimum atomic E-state index is -3.78. The average molecular weight is 417 g/mol. The lowest BCUT2D eigenvalue weighted by molar-refractivity contribution is 0.601. The summed E-state index contributed by atoms with van der Waals surface area (Å²) in [6.07, 6.45) is 0.871. The first kappa shape index (κ1) is 18.6. The first-order chi connectivity index (χ1) is 14.6. The fourth-order valence-electron chi connectivity index (χ4n) is 3.74. The van der Waals surface area contributed by atoms with Gasteiger partial charge in [-0.2, -0.15) is 0 Å². The predicted molar refractivity (Wildman–Crippen MR) is 118 cm³/mol. The van der Waals surface area contributed by atoms with Crippen molar-refractivity contribution < 1.29 is 8.42 Å². The van der Waals surface area contributed by atoms with Gasteiger partial charge in [0.05, 0.1) is 15.9 Å². The van der Waals surface area contributed by atoms with Crippen LogP contribution in [0.25, 0.3) is 11.0 Å². The number of sulfonamides is 1. The zero-order chi connectivity index (χ0) is 20.6. The van der Waals surface area contributed by atoms with Gasteiger partial charge in [0.25, 0.3) is 10.0 Å². The number of hydrogen-bond acceptors (Lipinski definition) is 5. The number of hydrogen-bond donors (Lipinski definition) is 1. The van der Waals surface area contributed by atoms with Gasteiger partial charge in [-0.1, -0.05) is 54.6 Å². The molecular formula is C23H20N4O2S. The van der Waals surface area contributed by atoms with Crippen molar-refractivity contribution in [2.24, 2.45) is 0 Å². The van der Waals surface area contributed by atoms with Crippen molar-refractivity contribution in [1.29, 1.82) is 0 Å². The molecule has 0 fully saturated rings. The molecule has 7 heteroatoms. The molecule has 0 saturated carbocycles. The van der Waals surface area contributed by atoms with Gasteiger partial charge in [0.2, 0.25) is 0 Å². The van der Waals surface area contributed by atoms with Gasteiger partial charge in [0, 0.05) is 13.1 Å². The fourth-order valence-corrected chi connectivity index (χ4v) is 4.77. The highest BCUT2D eigenvalue weighted by atomic mass is 32.2. The van der Waals surface area contributed by atoms with Crippen LogP contribution in [-0.4, -0.2) is 24.9 Å². The molecule has 1 aliphatic heterocycles. The molecule has 0 amide bonds. The van der Waals surface area contributed by atoms with Crippen molar-refractivity contribution in [2.75, 3.05) is 16.2 Å². The van der Waals surface area contributed by atoms with Crippen molar-refractivity contribution in [3.8, 4) is 0 Å². The lowest BCUT2D eigenvalue weighted by Gasteiger charge is -2.31. The zero-order valence-corrected chi connectivity index (χ0v) is 17.0. The lowest BCUT2D eigenvalue weighted by Crippen LogP contribution is -2.32. The molecule has 1 aromatic heterocycles. The number of aromatic nitrogens is 2. The molecule has 0 unspecified atom stereocenters. The van der Waals surface area contributed by atoms with Gasteiger partial charge in [0.15, 0.2) is 11.6 Å². The van der Waals surface area contributed by atoms with E-state index in [2.05, 4.69) is 26.7 Å². The molecule has 0 bridgehead atoms. The summed E-state index contributed by atoms with van der Waals surface area (Å²) in [5.74, 6) is 0.791. The minimum absolute atomic E-state index is 0.190. The van der Waals surface area contributed by atoms with E-state index in [0.717, 1.165) is 18.5 Å². The molecule has 3 aromatic carbocycles. The summed E-state index contributed by atoms with van der Waals surface area (Å²) in [4.78, 5) is 11.7. The highest BCUT2D eigenvalue weighted by molar-refractivity contribution is 7.92. The standard InChI is InChI=1S/C23H20N4O2S/c28-30(29,19-10-2-1-3-11-19)26-22-23(25-21-13-7-6-12-20(21)24-22)27-15-14-17-8-4-5-9-18(17)16-27/h1-13H,14-16H2,(H,24,26). The van der Waals surface area contributed by atoms with Gasteiger partial charge in [0.1, 0.15) is 0 Å². The molecule has 1 aliphatic rings. The van der Waals surface area contributed by atoms with Crippen LogP contribution in [0.15, 0.2) is 83.8 Å². The Kier molecular flexibility index (Phi) is 4.59. The predicted octanol–water partition coefficient (Wildman–Crippen LogP) is 3.99. The van der Waals surface area contributed by atoms with Crippen LogP contribution >= 0.6 is 0 Å². The van der Waals surface area contributed by atoms with E-state index < -0.39 is 10.0 Å². The second kappa shape index (κ2) is 7.42. The number of nitrogens with one attached hydrogen (secondary N) is 1. The number of nitrogens with zero attached hydrogens (tertiary/aromatic N) is 3. The monoisotopic (exact) mass is 416 g/mol. The maximum Gasteiger partial charge on any atom is 0.263 e. The number of rotatable bonds is 4. The van der Waals surface area contributed by atoms with E-state index in [1.54, 1.807) is 30.3 Å². The summed E-state index contributed by atoms with van der Waals surface area (Å²) < 4.78 is 28.6. The Bertz CT molecular complexity index is 1320. The maximum absolute atomic E-state index is 13.0. The van der Waals surface area contributed by atoms with Crippen molar-refractivity contribution in [3.63, 3.8) is 0 Å². The van der Waals surface area contributed by atoms with Crippen LogP contribution in [0.2, 0.25) is 0 Å². The van der Waals surface area contributed by atoms with E-state index in [9.17, 15) is 8.42 Å². The smallest absolute Gasteiger partial charge is 0.263 e. The van der Waals surface area contributed by atoms with Gasteiger partial charge in [-0.3, -0.25) is 4.72 Å². The quantitative estimate of drug-likeness (QED) is 0.544. The van der Waals surface area contributed by atoms with Gasteiger partial charge in [-0.05, 0) is 41.8 Å². The first-order valence-corrected chi connectivity index (χ1v) is 11.2. The van der Waals surface area contributed by atoms with E-state index >= 15 is 0 Å². The Morgan fingerprint density at radius 2 is 1.40 bits per heavy atom. The van der Waals surface area contributed by atoms with Crippen molar-refractivity contribution >= 4 is 32.7 Å². The Morgan fingerprint density at radius 1 is 0.767 bits per heavy atom. The third-order valence-electron chi connectivity index (χ3n) is 5.27. The summed E-state index contributed by atoms with van der Waals surface area (Å²) in [6, 6.07) is 24.1. The molecule has 0 aliphatic carbocycles. The summed E-state index contributed by atoms with van der Waals surface area (Å²) in [7, 11) is -3.78. The highest BCUT2D eigenvalue weighted by Crippen LogP contribution is 2.31.